The molecule has 0 saturated heterocycles. The third-order valence-electron chi connectivity index (χ3n) is 1.90. The molecule has 0 saturated carbocycles. The van der Waals surface area contributed by atoms with Gasteiger partial charge in [-0.1, -0.05) is 0 Å². The molecule has 1 rings (SSSR count). The summed E-state index contributed by atoms with van der Waals surface area (Å²) in [6, 6.07) is 3.28. The predicted molar refractivity (Wildman–Crippen MR) is 55.9 cm³/mol. The van der Waals surface area contributed by atoms with E-state index in [1.807, 2.05) is 13.8 Å². The summed E-state index contributed by atoms with van der Waals surface area (Å²) in [5.74, 6) is -0.915. The highest BCUT2D eigenvalue weighted by molar-refractivity contribution is 5.45. The van der Waals surface area contributed by atoms with Gasteiger partial charge < -0.3 is 10.1 Å². The van der Waals surface area contributed by atoms with Crippen molar-refractivity contribution in [1.29, 1.82) is 0 Å². The fourth-order valence-electron chi connectivity index (χ4n) is 1.21. The van der Waals surface area contributed by atoms with E-state index in [-0.39, 0.29) is 11.7 Å². The SMILES string of the molecule is CCOCC(C)Nc1cc(F)ccc1F. The Morgan fingerprint density at radius 2 is 2.13 bits per heavy atom. The lowest BCUT2D eigenvalue weighted by Crippen LogP contribution is -2.22. The van der Waals surface area contributed by atoms with Gasteiger partial charge in [-0.25, -0.2) is 8.78 Å². The summed E-state index contributed by atoms with van der Waals surface area (Å²) >= 11 is 0. The van der Waals surface area contributed by atoms with Crippen LogP contribution in [0, 0.1) is 11.6 Å². The fraction of sp³-hybridized carbons (Fsp3) is 0.455. The first kappa shape index (κ1) is 11.9. The fourth-order valence-corrected chi connectivity index (χ4v) is 1.21. The average Bonchev–Trinajstić information content (AvgIpc) is 2.20. The Bertz CT molecular complexity index is 317. The lowest BCUT2D eigenvalue weighted by molar-refractivity contribution is 0.141. The standard InChI is InChI=1S/C11H15F2NO/c1-3-15-7-8(2)14-11-6-9(12)4-5-10(11)13/h4-6,8,14H,3,7H2,1-2H3. The van der Waals surface area contributed by atoms with Crippen LogP contribution in [0.4, 0.5) is 14.5 Å². The number of ether oxygens (including phenoxy) is 1. The zero-order valence-corrected chi connectivity index (χ0v) is 8.89. The number of rotatable bonds is 5. The number of halogens is 2. The normalized spacial score (nSPS) is 12.5. The summed E-state index contributed by atoms with van der Waals surface area (Å²) in [6.45, 7) is 4.81. The number of hydrogen-bond acceptors (Lipinski definition) is 2. The van der Waals surface area contributed by atoms with Gasteiger partial charge in [0, 0.05) is 12.6 Å². The van der Waals surface area contributed by atoms with E-state index in [9.17, 15) is 8.78 Å². The monoisotopic (exact) mass is 215 g/mol. The molecule has 1 atom stereocenters. The molecule has 1 N–H and O–H groups in total. The lowest BCUT2D eigenvalue weighted by atomic mass is 10.2. The van der Waals surface area contributed by atoms with Gasteiger partial charge >= 0.3 is 0 Å². The van der Waals surface area contributed by atoms with E-state index in [4.69, 9.17) is 4.74 Å². The second-order valence-corrected chi connectivity index (χ2v) is 3.33. The summed E-state index contributed by atoms with van der Waals surface area (Å²) in [7, 11) is 0. The van der Waals surface area contributed by atoms with E-state index in [1.165, 1.54) is 0 Å². The van der Waals surface area contributed by atoms with Crippen LogP contribution in [0.3, 0.4) is 0 Å². The molecule has 2 nitrogen and oxygen atoms in total. The molecule has 0 amide bonds. The molecule has 84 valence electrons. The molecule has 1 aromatic rings. The van der Waals surface area contributed by atoms with Crippen LogP contribution in [0.1, 0.15) is 13.8 Å². The molecule has 0 radical (unpaired) electrons. The van der Waals surface area contributed by atoms with Gasteiger partial charge in [0.25, 0.3) is 0 Å². The molecule has 0 aliphatic rings. The van der Waals surface area contributed by atoms with Crippen LogP contribution >= 0.6 is 0 Å². The number of benzene rings is 1. The van der Waals surface area contributed by atoms with Crippen LogP contribution in [0.5, 0.6) is 0 Å². The van der Waals surface area contributed by atoms with Crippen molar-refractivity contribution >= 4 is 5.69 Å². The number of nitrogens with one attached hydrogen (secondary N) is 1. The first-order valence-corrected chi connectivity index (χ1v) is 4.92. The Morgan fingerprint density at radius 3 is 2.80 bits per heavy atom. The molecular formula is C11H15F2NO. The van der Waals surface area contributed by atoms with Crippen molar-refractivity contribution in [1.82, 2.24) is 0 Å². The van der Waals surface area contributed by atoms with Crippen molar-refractivity contribution in [2.24, 2.45) is 0 Å². The summed E-state index contributed by atoms with van der Waals surface area (Å²) < 4.78 is 31.2. The van der Waals surface area contributed by atoms with Crippen molar-refractivity contribution in [2.75, 3.05) is 18.5 Å². The van der Waals surface area contributed by atoms with Crippen molar-refractivity contribution in [2.45, 2.75) is 19.9 Å². The summed E-state index contributed by atoms with van der Waals surface area (Å²) in [5, 5.41) is 2.85. The van der Waals surface area contributed by atoms with Crippen LogP contribution < -0.4 is 5.32 Å². The van der Waals surface area contributed by atoms with E-state index in [0.29, 0.717) is 13.2 Å². The average molecular weight is 215 g/mol. The quantitative estimate of drug-likeness (QED) is 0.815. The van der Waals surface area contributed by atoms with E-state index >= 15 is 0 Å². The van der Waals surface area contributed by atoms with Crippen molar-refractivity contribution in [3.8, 4) is 0 Å². The molecule has 0 spiro atoms. The van der Waals surface area contributed by atoms with Crippen LogP contribution in [0.15, 0.2) is 18.2 Å². The summed E-state index contributed by atoms with van der Waals surface area (Å²) in [6.07, 6.45) is 0. The Kier molecular flexibility index (Phi) is 4.49. The molecule has 4 heteroatoms. The topological polar surface area (TPSA) is 21.3 Å². The Morgan fingerprint density at radius 1 is 1.40 bits per heavy atom. The van der Waals surface area contributed by atoms with Gasteiger partial charge in [0.15, 0.2) is 0 Å². The van der Waals surface area contributed by atoms with Crippen molar-refractivity contribution < 1.29 is 13.5 Å². The van der Waals surface area contributed by atoms with E-state index in [2.05, 4.69) is 5.32 Å². The van der Waals surface area contributed by atoms with E-state index in [0.717, 1.165) is 18.2 Å². The van der Waals surface area contributed by atoms with E-state index in [1.54, 1.807) is 0 Å². The number of hydrogen-bond donors (Lipinski definition) is 1. The molecule has 0 aliphatic heterocycles. The smallest absolute Gasteiger partial charge is 0.146 e. The minimum atomic E-state index is -0.459. The molecular weight excluding hydrogens is 200 g/mol. The minimum Gasteiger partial charge on any atom is -0.380 e. The van der Waals surface area contributed by atoms with Crippen LogP contribution in [-0.2, 0) is 4.74 Å². The minimum absolute atomic E-state index is 0.0544. The largest absolute Gasteiger partial charge is 0.380 e. The Hall–Kier alpha value is -1.16. The van der Waals surface area contributed by atoms with Gasteiger partial charge in [-0.15, -0.1) is 0 Å². The Balaban J connectivity index is 2.59. The highest BCUT2D eigenvalue weighted by Crippen LogP contribution is 2.16. The zero-order chi connectivity index (χ0) is 11.3. The maximum atomic E-state index is 13.2. The maximum Gasteiger partial charge on any atom is 0.146 e. The zero-order valence-electron chi connectivity index (χ0n) is 8.89. The summed E-state index contributed by atoms with van der Waals surface area (Å²) in [4.78, 5) is 0. The molecule has 0 heterocycles. The summed E-state index contributed by atoms with van der Waals surface area (Å²) in [5.41, 5.74) is 0.169. The molecule has 0 fully saturated rings. The highest BCUT2D eigenvalue weighted by Gasteiger charge is 2.07. The highest BCUT2D eigenvalue weighted by atomic mass is 19.1. The van der Waals surface area contributed by atoms with Gasteiger partial charge in [0.1, 0.15) is 11.6 Å². The van der Waals surface area contributed by atoms with E-state index < -0.39 is 11.6 Å². The molecule has 0 aromatic heterocycles. The molecule has 0 bridgehead atoms. The number of anilines is 1. The molecule has 1 unspecified atom stereocenters. The second-order valence-electron chi connectivity index (χ2n) is 3.33. The second kappa shape index (κ2) is 5.66. The van der Waals surface area contributed by atoms with Crippen LogP contribution in [0.2, 0.25) is 0 Å². The van der Waals surface area contributed by atoms with Gasteiger partial charge in [-0.2, -0.15) is 0 Å². The van der Waals surface area contributed by atoms with Crippen molar-refractivity contribution in [3.05, 3.63) is 29.8 Å². The third-order valence-corrected chi connectivity index (χ3v) is 1.90. The van der Waals surface area contributed by atoms with Gasteiger partial charge in [-0.05, 0) is 32.0 Å². The van der Waals surface area contributed by atoms with Crippen LogP contribution in [0.25, 0.3) is 0 Å². The Labute approximate surface area is 88.3 Å². The molecule has 15 heavy (non-hydrogen) atoms. The van der Waals surface area contributed by atoms with Crippen molar-refractivity contribution in [3.63, 3.8) is 0 Å². The molecule has 0 aliphatic carbocycles. The predicted octanol–water partition coefficient (Wildman–Crippen LogP) is 2.80. The first-order valence-electron chi connectivity index (χ1n) is 4.92. The maximum absolute atomic E-state index is 13.2. The third kappa shape index (κ3) is 3.83. The first-order chi connectivity index (χ1) is 7.13. The van der Waals surface area contributed by atoms with Gasteiger partial charge in [0.2, 0.25) is 0 Å². The lowest BCUT2D eigenvalue weighted by Gasteiger charge is -2.15. The van der Waals surface area contributed by atoms with Crippen LogP contribution in [-0.4, -0.2) is 19.3 Å². The molecule has 1 aromatic carbocycles. The van der Waals surface area contributed by atoms with Gasteiger partial charge in [-0.3, -0.25) is 0 Å². The van der Waals surface area contributed by atoms with Gasteiger partial charge in [0.05, 0.1) is 12.3 Å².